The van der Waals surface area contributed by atoms with Crippen molar-refractivity contribution in [3.63, 3.8) is 0 Å². The third-order valence-electron chi connectivity index (χ3n) is 10.5. The summed E-state index contributed by atoms with van der Waals surface area (Å²) >= 11 is 0. The molecule has 0 unspecified atom stereocenters. The lowest BCUT2D eigenvalue weighted by atomic mass is 9.96. The van der Waals surface area contributed by atoms with Crippen molar-refractivity contribution in [1.29, 1.82) is 0 Å². The molecule has 0 aliphatic heterocycles. The maximum absolute atomic E-state index is 6.21. The largest absolute Gasteiger partial charge is 0.456 e. The molecule has 1 aromatic heterocycles. The normalized spacial score (nSPS) is 11.3. The third-order valence-corrected chi connectivity index (χ3v) is 10.5. The molecular formula is C52H35NO. The average molecular weight is 690 g/mol. The first-order valence-corrected chi connectivity index (χ1v) is 18.4. The Labute approximate surface area is 314 Å². The van der Waals surface area contributed by atoms with E-state index < -0.39 is 0 Å². The molecule has 1 heterocycles. The Hall–Kier alpha value is -7.16. The highest BCUT2D eigenvalue weighted by Crippen LogP contribution is 2.43. The van der Waals surface area contributed by atoms with Crippen molar-refractivity contribution in [2.24, 2.45) is 0 Å². The zero-order chi connectivity index (χ0) is 35.8. The minimum atomic E-state index is 0.914. The van der Waals surface area contributed by atoms with E-state index in [0.717, 1.165) is 50.1 Å². The van der Waals surface area contributed by atoms with Crippen molar-refractivity contribution in [2.45, 2.75) is 0 Å². The molecule has 10 rings (SSSR count). The van der Waals surface area contributed by atoms with E-state index in [1.807, 2.05) is 12.1 Å². The molecule has 0 saturated heterocycles. The van der Waals surface area contributed by atoms with E-state index in [2.05, 4.69) is 205 Å². The fraction of sp³-hybridized carbons (Fsp3) is 0. The smallest absolute Gasteiger partial charge is 0.136 e. The van der Waals surface area contributed by atoms with E-state index in [-0.39, 0.29) is 0 Å². The molecule has 0 N–H and O–H groups in total. The Balaban J connectivity index is 1.07. The Kier molecular flexibility index (Phi) is 7.85. The molecule has 254 valence electrons. The van der Waals surface area contributed by atoms with E-state index in [1.54, 1.807) is 0 Å². The number of anilines is 3. The summed E-state index contributed by atoms with van der Waals surface area (Å²) in [5.74, 6) is 0. The number of furan rings is 1. The van der Waals surface area contributed by atoms with Crippen LogP contribution in [0, 0.1) is 0 Å². The lowest BCUT2D eigenvalue weighted by molar-refractivity contribution is 0.669. The van der Waals surface area contributed by atoms with E-state index in [9.17, 15) is 0 Å². The van der Waals surface area contributed by atoms with Crippen LogP contribution in [0.25, 0.3) is 77.2 Å². The predicted octanol–water partition coefficient (Wildman–Crippen LogP) is 14.9. The van der Waals surface area contributed by atoms with Crippen LogP contribution in [0.15, 0.2) is 217 Å². The van der Waals surface area contributed by atoms with Gasteiger partial charge in [-0.2, -0.15) is 0 Å². The molecule has 0 fully saturated rings. The van der Waals surface area contributed by atoms with Crippen molar-refractivity contribution in [3.8, 4) is 44.5 Å². The Morgan fingerprint density at radius 2 is 0.796 bits per heavy atom. The molecule has 10 aromatic rings. The first-order chi connectivity index (χ1) is 26.8. The highest BCUT2D eigenvalue weighted by atomic mass is 16.3. The maximum atomic E-state index is 6.21. The van der Waals surface area contributed by atoms with Gasteiger partial charge in [-0.1, -0.05) is 164 Å². The van der Waals surface area contributed by atoms with Gasteiger partial charge < -0.3 is 9.32 Å². The van der Waals surface area contributed by atoms with Crippen molar-refractivity contribution < 1.29 is 4.42 Å². The second-order valence-corrected chi connectivity index (χ2v) is 13.7. The fourth-order valence-corrected chi connectivity index (χ4v) is 7.78. The van der Waals surface area contributed by atoms with Crippen LogP contribution in [-0.2, 0) is 0 Å². The van der Waals surface area contributed by atoms with Gasteiger partial charge in [0, 0.05) is 27.7 Å². The van der Waals surface area contributed by atoms with Gasteiger partial charge in [0.15, 0.2) is 0 Å². The zero-order valence-electron chi connectivity index (χ0n) is 29.6. The number of benzene rings is 9. The van der Waals surface area contributed by atoms with Crippen LogP contribution in [0.3, 0.4) is 0 Å². The van der Waals surface area contributed by atoms with E-state index in [0.29, 0.717) is 0 Å². The number of nitrogens with zero attached hydrogens (tertiary/aromatic N) is 1. The molecule has 0 atom stereocenters. The van der Waals surface area contributed by atoms with Gasteiger partial charge in [0.25, 0.3) is 0 Å². The van der Waals surface area contributed by atoms with Gasteiger partial charge in [-0.25, -0.2) is 0 Å². The topological polar surface area (TPSA) is 16.4 Å². The Morgan fingerprint density at radius 3 is 1.41 bits per heavy atom. The number of para-hydroxylation sites is 2. The second kappa shape index (κ2) is 13.4. The van der Waals surface area contributed by atoms with Crippen LogP contribution in [-0.4, -0.2) is 0 Å². The molecule has 2 heteroatoms. The van der Waals surface area contributed by atoms with Crippen molar-refractivity contribution in [2.75, 3.05) is 4.90 Å². The standard InChI is InChI=1S/C52H35NO/c1-3-11-36(12-4-1)38-19-21-39(22-20-38)41-25-31-45(32-26-41)53(44-29-23-40(24-30-44)37-13-5-2-6-14-37)49-17-9-7-15-46(49)42-27-33-47-43(35-42)28-34-51-52(47)48-16-8-10-18-50(48)54-51/h1-35H. The Bertz CT molecular complexity index is 2890. The van der Waals surface area contributed by atoms with Crippen LogP contribution in [0.1, 0.15) is 0 Å². The maximum Gasteiger partial charge on any atom is 0.136 e. The van der Waals surface area contributed by atoms with Gasteiger partial charge in [0.05, 0.1) is 5.69 Å². The van der Waals surface area contributed by atoms with E-state index in [4.69, 9.17) is 4.42 Å². The highest BCUT2D eigenvalue weighted by molar-refractivity contribution is 6.19. The molecular weight excluding hydrogens is 655 g/mol. The zero-order valence-corrected chi connectivity index (χ0v) is 29.6. The van der Waals surface area contributed by atoms with Crippen LogP contribution < -0.4 is 4.90 Å². The van der Waals surface area contributed by atoms with Gasteiger partial charge in [0.2, 0.25) is 0 Å². The molecule has 9 aromatic carbocycles. The molecule has 54 heavy (non-hydrogen) atoms. The number of hydrogen-bond donors (Lipinski definition) is 0. The lowest BCUT2D eigenvalue weighted by Gasteiger charge is -2.28. The van der Waals surface area contributed by atoms with Crippen LogP contribution in [0.5, 0.6) is 0 Å². The van der Waals surface area contributed by atoms with Crippen molar-refractivity contribution >= 4 is 49.8 Å². The van der Waals surface area contributed by atoms with Crippen molar-refractivity contribution in [3.05, 3.63) is 212 Å². The van der Waals surface area contributed by atoms with Gasteiger partial charge in [-0.15, -0.1) is 0 Å². The average Bonchev–Trinajstić information content (AvgIpc) is 3.64. The number of fused-ring (bicyclic) bond motifs is 5. The molecule has 0 aliphatic rings. The minimum Gasteiger partial charge on any atom is -0.456 e. The summed E-state index contributed by atoms with van der Waals surface area (Å²) in [6.45, 7) is 0. The van der Waals surface area contributed by atoms with E-state index >= 15 is 0 Å². The van der Waals surface area contributed by atoms with Gasteiger partial charge in [-0.05, 0) is 98.2 Å². The van der Waals surface area contributed by atoms with Gasteiger partial charge >= 0.3 is 0 Å². The van der Waals surface area contributed by atoms with Gasteiger partial charge in [-0.3, -0.25) is 0 Å². The predicted molar refractivity (Wildman–Crippen MR) is 228 cm³/mol. The molecule has 0 spiro atoms. The summed E-state index contributed by atoms with van der Waals surface area (Å²) in [4.78, 5) is 2.38. The molecule has 2 nitrogen and oxygen atoms in total. The molecule has 0 saturated carbocycles. The van der Waals surface area contributed by atoms with Crippen molar-refractivity contribution in [1.82, 2.24) is 0 Å². The summed E-state index contributed by atoms with van der Waals surface area (Å²) in [6, 6.07) is 75.9. The lowest BCUT2D eigenvalue weighted by Crippen LogP contribution is -2.11. The minimum absolute atomic E-state index is 0.914. The molecule has 0 radical (unpaired) electrons. The van der Waals surface area contributed by atoms with Crippen LogP contribution in [0.4, 0.5) is 17.1 Å². The van der Waals surface area contributed by atoms with Gasteiger partial charge in [0.1, 0.15) is 11.2 Å². The quantitative estimate of drug-likeness (QED) is 0.166. The first kappa shape index (κ1) is 31.6. The fourth-order valence-electron chi connectivity index (χ4n) is 7.78. The first-order valence-electron chi connectivity index (χ1n) is 18.4. The third kappa shape index (κ3) is 5.71. The highest BCUT2D eigenvalue weighted by Gasteiger charge is 2.19. The summed E-state index contributed by atoms with van der Waals surface area (Å²) in [5.41, 5.74) is 14.6. The van der Waals surface area contributed by atoms with E-state index in [1.165, 1.54) is 44.2 Å². The summed E-state index contributed by atoms with van der Waals surface area (Å²) in [5, 5.41) is 4.69. The summed E-state index contributed by atoms with van der Waals surface area (Å²) in [6.07, 6.45) is 0. The summed E-state index contributed by atoms with van der Waals surface area (Å²) in [7, 11) is 0. The number of hydrogen-bond acceptors (Lipinski definition) is 2. The monoisotopic (exact) mass is 689 g/mol. The molecule has 0 amide bonds. The molecule has 0 bridgehead atoms. The Morgan fingerprint density at radius 1 is 0.315 bits per heavy atom. The molecule has 0 aliphatic carbocycles. The second-order valence-electron chi connectivity index (χ2n) is 13.7. The van der Waals surface area contributed by atoms with Crippen LogP contribution in [0.2, 0.25) is 0 Å². The van der Waals surface area contributed by atoms with Crippen LogP contribution >= 0.6 is 0 Å². The number of rotatable bonds is 7. The SMILES string of the molecule is c1ccc(-c2ccc(-c3ccc(N(c4ccc(-c5ccccc5)cc4)c4ccccc4-c4ccc5c(ccc6oc7ccccc7c65)c4)cc3)cc2)cc1. The summed E-state index contributed by atoms with van der Waals surface area (Å²) < 4.78 is 6.21.